The van der Waals surface area contributed by atoms with Crippen molar-refractivity contribution in [3.8, 4) is 5.88 Å². The van der Waals surface area contributed by atoms with Gasteiger partial charge in [-0.1, -0.05) is 6.07 Å². The van der Waals surface area contributed by atoms with Crippen LogP contribution in [0.15, 0.2) is 18.2 Å². The molecule has 2 rings (SSSR count). The Labute approximate surface area is 78.1 Å². The molecule has 1 aliphatic rings. The number of pyridine rings is 1. The molecular weight excluding hydrogens is 164 g/mol. The van der Waals surface area contributed by atoms with E-state index < -0.39 is 0 Å². The third kappa shape index (κ3) is 1.80. The Morgan fingerprint density at radius 3 is 2.77 bits per heavy atom. The van der Waals surface area contributed by atoms with E-state index in [4.69, 9.17) is 4.74 Å². The van der Waals surface area contributed by atoms with Crippen molar-refractivity contribution in [2.24, 2.45) is 0 Å². The van der Waals surface area contributed by atoms with Crippen molar-refractivity contribution in [3.63, 3.8) is 0 Å². The Kier molecular flexibility index (Phi) is 1.96. The normalized spacial score (nSPS) is 19.2. The van der Waals surface area contributed by atoms with Crippen LogP contribution in [0.25, 0.3) is 0 Å². The molecule has 1 saturated heterocycles. The van der Waals surface area contributed by atoms with E-state index in [1.54, 1.807) is 0 Å². The van der Waals surface area contributed by atoms with Gasteiger partial charge in [0, 0.05) is 24.8 Å². The number of aryl methyl sites for hydroxylation is 1. The summed E-state index contributed by atoms with van der Waals surface area (Å²) in [6.45, 7) is 5.87. The minimum atomic E-state index is -0.0548. The van der Waals surface area contributed by atoms with Crippen LogP contribution in [0.2, 0.25) is 0 Å². The van der Waals surface area contributed by atoms with E-state index in [9.17, 15) is 0 Å². The molecule has 0 saturated carbocycles. The maximum Gasteiger partial charge on any atom is 0.214 e. The second-order valence-corrected chi connectivity index (χ2v) is 3.77. The number of nitrogens with zero attached hydrogens (tertiary/aromatic N) is 1. The van der Waals surface area contributed by atoms with E-state index in [-0.39, 0.29) is 5.60 Å². The lowest BCUT2D eigenvalue weighted by Gasteiger charge is -2.38. The highest BCUT2D eigenvalue weighted by atomic mass is 16.5. The quantitative estimate of drug-likeness (QED) is 0.737. The standard InChI is InChI=1S/C10H14N2O/c1-8-4-3-5-9(12-8)13-10(2)6-11-7-10/h3-5,11H,6-7H2,1-2H3. The zero-order chi connectivity index (χ0) is 9.31. The van der Waals surface area contributed by atoms with Gasteiger partial charge in [-0.3, -0.25) is 0 Å². The first-order chi connectivity index (χ1) is 6.18. The van der Waals surface area contributed by atoms with Crippen LogP contribution in [0.1, 0.15) is 12.6 Å². The summed E-state index contributed by atoms with van der Waals surface area (Å²) in [5.74, 6) is 0.726. The van der Waals surface area contributed by atoms with Crippen molar-refractivity contribution < 1.29 is 4.74 Å². The first kappa shape index (κ1) is 8.51. The van der Waals surface area contributed by atoms with Gasteiger partial charge in [0.25, 0.3) is 0 Å². The molecular formula is C10H14N2O. The average molecular weight is 178 g/mol. The number of aromatic nitrogens is 1. The van der Waals surface area contributed by atoms with Crippen molar-refractivity contribution in [2.75, 3.05) is 13.1 Å². The van der Waals surface area contributed by atoms with Gasteiger partial charge in [0.05, 0.1) is 0 Å². The SMILES string of the molecule is Cc1cccc(OC2(C)CNC2)n1. The first-order valence-corrected chi connectivity index (χ1v) is 4.51. The van der Waals surface area contributed by atoms with Gasteiger partial charge < -0.3 is 10.1 Å². The molecule has 1 aromatic rings. The minimum absolute atomic E-state index is 0.0548. The Bertz CT molecular complexity index is 308. The monoisotopic (exact) mass is 178 g/mol. The summed E-state index contributed by atoms with van der Waals surface area (Å²) >= 11 is 0. The Balaban J connectivity index is 2.09. The number of nitrogens with one attached hydrogen (secondary N) is 1. The summed E-state index contributed by atoms with van der Waals surface area (Å²) < 4.78 is 5.74. The molecule has 3 nitrogen and oxygen atoms in total. The molecule has 2 heterocycles. The van der Waals surface area contributed by atoms with Gasteiger partial charge in [-0.05, 0) is 19.9 Å². The molecule has 1 aliphatic heterocycles. The highest BCUT2D eigenvalue weighted by Gasteiger charge is 2.34. The molecule has 0 radical (unpaired) electrons. The van der Waals surface area contributed by atoms with Gasteiger partial charge in [0.1, 0.15) is 5.60 Å². The maximum absolute atomic E-state index is 5.74. The average Bonchev–Trinajstić information content (AvgIpc) is 2.01. The van der Waals surface area contributed by atoms with Crippen molar-refractivity contribution in [2.45, 2.75) is 19.4 Å². The Morgan fingerprint density at radius 2 is 2.23 bits per heavy atom. The van der Waals surface area contributed by atoms with Crippen LogP contribution >= 0.6 is 0 Å². The lowest BCUT2D eigenvalue weighted by Crippen LogP contribution is -2.61. The Morgan fingerprint density at radius 1 is 1.46 bits per heavy atom. The van der Waals surface area contributed by atoms with Crippen molar-refractivity contribution >= 4 is 0 Å². The predicted octanol–water partition coefficient (Wildman–Crippen LogP) is 1.13. The summed E-state index contributed by atoms with van der Waals surface area (Å²) in [4.78, 5) is 4.29. The summed E-state index contributed by atoms with van der Waals surface area (Å²) in [6, 6.07) is 5.83. The number of ether oxygens (including phenoxy) is 1. The van der Waals surface area contributed by atoms with Gasteiger partial charge in [0.2, 0.25) is 5.88 Å². The molecule has 3 heteroatoms. The molecule has 0 spiro atoms. The van der Waals surface area contributed by atoms with Gasteiger partial charge in [-0.2, -0.15) is 0 Å². The largest absolute Gasteiger partial charge is 0.469 e. The molecule has 70 valence electrons. The molecule has 0 bridgehead atoms. The zero-order valence-corrected chi connectivity index (χ0v) is 8.00. The molecule has 0 aliphatic carbocycles. The molecule has 0 atom stereocenters. The number of hydrogen-bond acceptors (Lipinski definition) is 3. The van der Waals surface area contributed by atoms with Gasteiger partial charge in [0.15, 0.2) is 0 Å². The van der Waals surface area contributed by atoms with E-state index in [1.807, 2.05) is 25.1 Å². The highest BCUT2D eigenvalue weighted by Crippen LogP contribution is 2.19. The third-order valence-corrected chi connectivity index (χ3v) is 2.21. The van der Waals surface area contributed by atoms with Crippen LogP contribution in [0.3, 0.4) is 0 Å². The van der Waals surface area contributed by atoms with Crippen molar-refractivity contribution in [1.82, 2.24) is 10.3 Å². The first-order valence-electron chi connectivity index (χ1n) is 4.51. The molecule has 0 aromatic carbocycles. The molecule has 0 amide bonds. The Hall–Kier alpha value is -1.09. The molecule has 13 heavy (non-hydrogen) atoms. The van der Waals surface area contributed by atoms with Gasteiger partial charge in [-0.25, -0.2) is 4.98 Å². The van der Waals surface area contributed by atoms with Crippen LogP contribution in [-0.2, 0) is 0 Å². The fourth-order valence-electron chi connectivity index (χ4n) is 1.38. The second-order valence-electron chi connectivity index (χ2n) is 3.77. The van der Waals surface area contributed by atoms with Crippen LogP contribution in [0.5, 0.6) is 5.88 Å². The second kappa shape index (κ2) is 3.00. The lowest BCUT2D eigenvalue weighted by atomic mass is 10.0. The van der Waals surface area contributed by atoms with E-state index in [1.165, 1.54) is 0 Å². The van der Waals surface area contributed by atoms with E-state index >= 15 is 0 Å². The summed E-state index contributed by atoms with van der Waals surface area (Å²) in [6.07, 6.45) is 0. The summed E-state index contributed by atoms with van der Waals surface area (Å²) in [7, 11) is 0. The fraction of sp³-hybridized carbons (Fsp3) is 0.500. The highest BCUT2D eigenvalue weighted by molar-refractivity contribution is 5.16. The van der Waals surface area contributed by atoms with Crippen LogP contribution < -0.4 is 10.1 Å². The maximum atomic E-state index is 5.74. The lowest BCUT2D eigenvalue weighted by molar-refractivity contribution is 0.0304. The van der Waals surface area contributed by atoms with Crippen molar-refractivity contribution in [3.05, 3.63) is 23.9 Å². The molecule has 1 N–H and O–H groups in total. The number of rotatable bonds is 2. The summed E-state index contributed by atoms with van der Waals surface area (Å²) in [5.41, 5.74) is 0.939. The van der Waals surface area contributed by atoms with Crippen LogP contribution in [-0.4, -0.2) is 23.7 Å². The molecule has 1 aromatic heterocycles. The van der Waals surface area contributed by atoms with E-state index in [0.29, 0.717) is 0 Å². The van der Waals surface area contributed by atoms with E-state index in [2.05, 4.69) is 17.2 Å². The number of hydrogen-bond donors (Lipinski definition) is 1. The fourth-order valence-corrected chi connectivity index (χ4v) is 1.38. The van der Waals surface area contributed by atoms with Gasteiger partial charge in [-0.15, -0.1) is 0 Å². The topological polar surface area (TPSA) is 34.1 Å². The molecule has 1 fully saturated rings. The smallest absolute Gasteiger partial charge is 0.214 e. The zero-order valence-electron chi connectivity index (χ0n) is 8.00. The predicted molar refractivity (Wildman–Crippen MR) is 50.9 cm³/mol. The minimum Gasteiger partial charge on any atom is -0.469 e. The van der Waals surface area contributed by atoms with Gasteiger partial charge >= 0.3 is 0 Å². The molecule has 0 unspecified atom stereocenters. The van der Waals surface area contributed by atoms with Crippen LogP contribution in [0.4, 0.5) is 0 Å². The third-order valence-electron chi connectivity index (χ3n) is 2.21. The van der Waals surface area contributed by atoms with E-state index in [0.717, 1.165) is 24.7 Å². The van der Waals surface area contributed by atoms with Crippen LogP contribution in [0, 0.1) is 6.92 Å². The van der Waals surface area contributed by atoms with Crippen molar-refractivity contribution in [1.29, 1.82) is 0 Å². The summed E-state index contributed by atoms with van der Waals surface area (Å²) in [5, 5.41) is 3.18.